The largest absolute Gasteiger partial charge is 0.342 e. The normalized spacial score (nSPS) is 25.6. The molecule has 8 heteroatoms. The van der Waals surface area contributed by atoms with Crippen LogP contribution in [0.3, 0.4) is 0 Å². The zero-order valence-corrected chi connectivity index (χ0v) is 12.6. The Balaban J connectivity index is 1.51. The highest BCUT2D eigenvalue weighted by Gasteiger charge is 2.38. The van der Waals surface area contributed by atoms with Crippen molar-refractivity contribution < 1.29 is 18.1 Å². The summed E-state index contributed by atoms with van der Waals surface area (Å²) in [6.45, 7) is 4.02. The molecule has 1 aromatic heterocycles. The minimum Gasteiger partial charge on any atom is -0.342 e. The van der Waals surface area contributed by atoms with Crippen LogP contribution in [0.4, 0.5) is 8.78 Å². The summed E-state index contributed by atoms with van der Waals surface area (Å²) in [5.74, 6) is -1.59. The molecule has 0 N–H and O–H groups in total. The molecule has 1 unspecified atom stereocenters. The van der Waals surface area contributed by atoms with Crippen molar-refractivity contribution in [3.05, 3.63) is 11.7 Å². The Labute approximate surface area is 127 Å². The zero-order valence-electron chi connectivity index (χ0n) is 12.6. The maximum absolute atomic E-state index is 13.2. The molecule has 1 amide bonds. The average molecular weight is 314 g/mol. The van der Waals surface area contributed by atoms with Crippen molar-refractivity contribution in [1.82, 2.24) is 19.9 Å². The third kappa shape index (κ3) is 3.43. The summed E-state index contributed by atoms with van der Waals surface area (Å²) < 4.78 is 31.2. The topological polar surface area (TPSA) is 62.5 Å². The Morgan fingerprint density at radius 3 is 2.73 bits per heavy atom. The van der Waals surface area contributed by atoms with Gasteiger partial charge in [-0.15, -0.1) is 0 Å². The number of hydrogen-bond acceptors (Lipinski definition) is 5. The monoisotopic (exact) mass is 314 g/mol. The van der Waals surface area contributed by atoms with E-state index in [1.807, 2.05) is 0 Å². The third-order valence-electron chi connectivity index (χ3n) is 4.36. The van der Waals surface area contributed by atoms with Crippen molar-refractivity contribution >= 4 is 5.91 Å². The van der Waals surface area contributed by atoms with Gasteiger partial charge in [0, 0.05) is 39.4 Å². The first-order valence-electron chi connectivity index (χ1n) is 7.61. The second-order valence-electron chi connectivity index (χ2n) is 6.13. The molecule has 3 heterocycles. The molecule has 0 aliphatic carbocycles. The van der Waals surface area contributed by atoms with Crippen LogP contribution in [0, 0.1) is 12.8 Å². The summed E-state index contributed by atoms with van der Waals surface area (Å²) in [7, 11) is 0. The molecule has 0 aromatic carbocycles. The molecule has 1 atom stereocenters. The van der Waals surface area contributed by atoms with E-state index in [9.17, 15) is 13.6 Å². The first-order valence-corrected chi connectivity index (χ1v) is 7.61. The van der Waals surface area contributed by atoms with Crippen molar-refractivity contribution in [2.75, 3.05) is 26.2 Å². The number of aromatic nitrogens is 2. The summed E-state index contributed by atoms with van der Waals surface area (Å²) in [5, 5.41) is 3.85. The van der Waals surface area contributed by atoms with Gasteiger partial charge in [0.2, 0.25) is 11.8 Å². The zero-order chi connectivity index (χ0) is 15.7. The van der Waals surface area contributed by atoms with Gasteiger partial charge in [-0.1, -0.05) is 5.16 Å². The molecule has 0 saturated carbocycles. The predicted molar refractivity (Wildman–Crippen MR) is 73.2 cm³/mol. The van der Waals surface area contributed by atoms with Crippen molar-refractivity contribution in [3.63, 3.8) is 0 Å². The summed E-state index contributed by atoms with van der Waals surface area (Å²) in [4.78, 5) is 20.3. The molecule has 6 nitrogen and oxygen atoms in total. The van der Waals surface area contributed by atoms with E-state index < -0.39 is 5.92 Å². The highest BCUT2D eigenvalue weighted by Crippen LogP contribution is 2.29. The molecule has 3 rings (SSSR count). The van der Waals surface area contributed by atoms with E-state index in [4.69, 9.17) is 4.52 Å². The van der Waals surface area contributed by atoms with E-state index in [0.717, 1.165) is 13.0 Å². The number of nitrogens with zero attached hydrogens (tertiary/aromatic N) is 4. The molecular formula is C14H20F2N4O2. The van der Waals surface area contributed by atoms with Gasteiger partial charge in [0.25, 0.3) is 5.92 Å². The predicted octanol–water partition coefficient (Wildman–Crippen LogP) is 1.46. The molecule has 0 spiro atoms. The fourth-order valence-electron chi connectivity index (χ4n) is 3.10. The van der Waals surface area contributed by atoms with Gasteiger partial charge in [-0.2, -0.15) is 4.98 Å². The molecule has 2 fully saturated rings. The second-order valence-corrected chi connectivity index (χ2v) is 6.13. The van der Waals surface area contributed by atoms with Crippen LogP contribution < -0.4 is 0 Å². The van der Waals surface area contributed by atoms with Gasteiger partial charge in [0.1, 0.15) is 0 Å². The molecule has 2 saturated heterocycles. The maximum atomic E-state index is 13.2. The highest BCUT2D eigenvalue weighted by molar-refractivity contribution is 5.79. The van der Waals surface area contributed by atoms with Crippen molar-refractivity contribution in [3.8, 4) is 0 Å². The van der Waals surface area contributed by atoms with Gasteiger partial charge in [-0.25, -0.2) is 8.78 Å². The number of carbonyl (C=O) groups excluding carboxylic acids is 1. The van der Waals surface area contributed by atoms with Crippen LogP contribution in [-0.4, -0.2) is 57.9 Å². The van der Waals surface area contributed by atoms with Crippen LogP contribution in [0.15, 0.2) is 4.52 Å². The Bertz CT molecular complexity index is 539. The number of amides is 1. The molecule has 2 aliphatic rings. The van der Waals surface area contributed by atoms with E-state index in [1.54, 1.807) is 11.8 Å². The number of halogens is 2. The van der Waals surface area contributed by atoms with E-state index in [2.05, 4.69) is 15.0 Å². The first kappa shape index (κ1) is 15.3. The van der Waals surface area contributed by atoms with Gasteiger partial charge >= 0.3 is 0 Å². The lowest BCUT2D eigenvalue weighted by atomic mass is 10.0. The first-order chi connectivity index (χ1) is 10.4. The molecule has 22 heavy (non-hydrogen) atoms. The number of carbonyl (C=O) groups is 1. The Morgan fingerprint density at radius 1 is 1.36 bits per heavy atom. The number of alkyl halides is 2. The van der Waals surface area contributed by atoms with E-state index >= 15 is 0 Å². The molecule has 0 bridgehead atoms. The Morgan fingerprint density at radius 2 is 2.09 bits per heavy atom. The molecule has 1 aromatic rings. The smallest absolute Gasteiger partial charge is 0.251 e. The number of aryl methyl sites for hydroxylation is 1. The summed E-state index contributed by atoms with van der Waals surface area (Å²) >= 11 is 0. The van der Waals surface area contributed by atoms with Crippen LogP contribution in [0.5, 0.6) is 0 Å². The minimum absolute atomic E-state index is 0.00212. The lowest BCUT2D eigenvalue weighted by Crippen LogP contribution is -2.45. The summed E-state index contributed by atoms with van der Waals surface area (Å²) in [6, 6.07) is 0. The number of hydrogen-bond donors (Lipinski definition) is 0. The number of likely N-dealkylation sites (tertiary alicyclic amines) is 2. The van der Waals surface area contributed by atoms with Crippen LogP contribution in [-0.2, 0) is 11.3 Å². The van der Waals surface area contributed by atoms with Crippen LogP contribution in [0.2, 0.25) is 0 Å². The summed E-state index contributed by atoms with van der Waals surface area (Å²) in [6.07, 6.45) is 0.303. The fourth-order valence-corrected chi connectivity index (χ4v) is 3.10. The Kier molecular flexibility index (Phi) is 4.12. The number of rotatable bonds is 3. The van der Waals surface area contributed by atoms with Gasteiger partial charge in [-0.3, -0.25) is 9.69 Å². The lowest BCUT2D eigenvalue weighted by Gasteiger charge is -2.33. The van der Waals surface area contributed by atoms with Crippen LogP contribution >= 0.6 is 0 Å². The van der Waals surface area contributed by atoms with Crippen molar-refractivity contribution in [2.45, 2.75) is 38.7 Å². The van der Waals surface area contributed by atoms with Crippen LogP contribution in [0.1, 0.15) is 31.0 Å². The Hall–Kier alpha value is -1.57. The van der Waals surface area contributed by atoms with E-state index in [-0.39, 0.29) is 37.8 Å². The van der Waals surface area contributed by atoms with E-state index in [1.165, 1.54) is 0 Å². The van der Waals surface area contributed by atoms with Gasteiger partial charge in [0.05, 0.1) is 12.5 Å². The molecule has 0 radical (unpaired) electrons. The van der Waals surface area contributed by atoms with Gasteiger partial charge < -0.3 is 9.42 Å². The lowest BCUT2D eigenvalue weighted by molar-refractivity contribution is -0.141. The molecular weight excluding hydrogens is 294 g/mol. The maximum Gasteiger partial charge on any atom is 0.251 e. The quantitative estimate of drug-likeness (QED) is 0.845. The van der Waals surface area contributed by atoms with Crippen molar-refractivity contribution in [2.24, 2.45) is 5.92 Å². The minimum atomic E-state index is -2.62. The highest BCUT2D eigenvalue weighted by atomic mass is 19.3. The van der Waals surface area contributed by atoms with Crippen LogP contribution in [0.25, 0.3) is 0 Å². The fraction of sp³-hybridized carbons (Fsp3) is 0.786. The second kappa shape index (κ2) is 5.91. The van der Waals surface area contributed by atoms with Gasteiger partial charge in [0.15, 0.2) is 5.82 Å². The molecule has 122 valence electrons. The van der Waals surface area contributed by atoms with Gasteiger partial charge in [-0.05, 0) is 13.0 Å². The average Bonchev–Trinajstić information content (AvgIpc) is 3.08. The number of piperidine rings is 1. The third-order valence-corrected chi connectivity index (χ3v) is 4.36. The SMILES string of the molecule is Cc1nc(CN2CCC(C(=O)N3CCC(F)(F)CC3)C2)no1. The van der Waals surface area contributed by atoms with Crippen molar-refractivity contribution in [1.29, 1.82) is 0 Å². The standard InChI is InChI=1S/C14H20F2N4O2/c1-10-17-12(18-22-10)9-19-5-2-11(8-19)13(21)20-6-3-14(15,16)4-7-20/h11H,2-9H2,1H3. The summed E-state index contributed by atoms with van der Waals surface area (Å²) in [5.41, 5.74) is 0. The molecule has 2 aliphatic heterocycles. The van der Waals surface area contributed by atoms with E-state index in [0.29, 0.717) is 24.8 Å².